The third-order valence-electron chi connectivity index (χ3n) is 5.68. The molecule has 0 bridgehead atoms. The second-order valence-electron chi connectivity index (χ2n) is 7.02. The summed E-state index contributed by atoms with van der Waals surface area (Å²) < 4.78 is 38.0. The molecule has 1 spiro atoms. The van der Waals surface area contributed by atoms with E-state index >= 15 is 0 Å². The fraction of sp³-hybridized carbons (Fsp3) is 0.867. The number of carboxylic acids is 1. The van der Waals surface area contributed by atoms with Gasteiger partial charge in [-0.2, -0.15) is 13.2 Å². The van der Waals surface area contributed by atoms with Crippen LogP contribution in [0.5, 0.6) is 0 Å². The van der Waals surface area contributed by atoms with Crippen LogP contribution in [0.3, 0.4) is 0 Å². The highest BCUT2D eigenvalue weighted by molar-refractivity contribution is 5.86. The molecule has 1 N–H and O–H groups in total. The van der Waals surface area contributed by atoms with E-state index < -0.39 is 30.1 Å². The van der Waals surface area contributed by atoms with Crippen molar-refractivity contribution in [2.24, 2.45) is 11.3 Å². The van der Waals surface area contributed by atoms with Gasteiger partial charge in [-0.1, -0.05) is 12.8 Å². The van der Waals surface area contributed by atoms with Gasteiger partial charge in [-0.15, -0.1) is 0 Å². The molecule has 3 fully saturated rings. The summed E-state index contributed by atoms with van der Waals surface area (Å²) in [6.45, 7) is 0.500. The molecule has 0 aromatic rings. The number of alkyl halides is 3. The van der Waals surface area contributed by atoms with Gasteiger partial charge in [0.2, 0.25) is 0 Å². The van der Waals surface area contributed by atoms with Crippen molar-refractivity contribution in [3.8, 4) is 0 Å². The van der Waals surface area contributed by atoms with Crippen LogP contribution < -0.4 is 0 Å². The van der Waals surface area contributed by atoms with Gasteiger partial charge in [0.1, 0.15) is 6.04 Å². The van der Waals surface area contributed by atoms with Crippen LogP contribution in [0.2, 0.25) is 0 Å². The number of carbonyl (C=O) groups is 2. The molecule has 3 rings (SSSR count). The zero-order chi connectivity index (χ0) is 16.8. The summed E-state index contributed by atoms with van der Waals surface area (Å²) in [5, 5.41) is 9.46. The van der Waals surface area contributed by atoms with Crippen molar-refractivity contribution in [2.45, 2.75) is 50.7 Å². The molecule has 23 heavy (non-hydrogen) atoms. The Balaban J connectivity index is 1.62. The van der Waals surface area contributed by atoms with Crippen LogP contribution in [0.1, 0.15) is 38.5 Å². The van der Waals surface area contributed by atoms with E-state index in [-0.39, 0.29) is 31.3 Å². The number of carbonyl (C=O) groups excluding carboxylic acids is 1. The van der Waals surface area contributed by atoms with E-state index in [4.69, 9.17) is 0 Å². The SMILES string of the molecule is O=C(O)C1N(C(=O)N2CCC(C(F)(F)F)CC2)CC12CCCC2. The number of carboxylic acid groups (broad SMARTS) is 1. The van der Waals surface area contributed by atoms with Crippen LogP contribution in [0.15, 0.2) is 0 Å². The average molecular weight is 334 g/mol. The number of aliphatic carboxylic acids is 1. The second kappa shape index (κ2) is 5.56. The number of hydrogen-bond acceptors (Lipinski definition) is 2. The monoisotopic (exact) mass is 334 g/mol. The first kappa shape index (κ1) is 16.4. The van der Waals surface area contributed by atoms with E-state index in [0.717, 1.165) is 25.7 Å². The summed E-state index contributed by atoms with van der Waals surface area (Å²) in [4.78, 5) is 26.8. The molecule has 5 nitrogen and oxygen atoms in total. The standard InChI is InChI=1S/C15H21F3N2O3/c16-15(17,18)10-3-7-19(8-4-10)13(23)20-9-14(5-1-2-6-14)11(20)12(21)22/h10-11H,1-9H2,(H,21,22). The average Bonchev–Trinajstić information content (AvgIpc) is 2.94. The van der Waals surface area contributed by atoms with Crippen molar-refractivity contribution < 1.29 is 27.9 Å². The van der Waals surface area contributed by atoms with Gasteiger partial charge < -0.3 is 14.9 Å². The Bertz CT molecular complexity index is 495. The Kier molecular flexibility index (Phi) is 3.96. The Labute approximate surface area is 132 Å². The summed E-state index contributed by atoms with van der Waals surface area (Å²) in [6, 6.07) is -1.24. The number of amides is 2. The molecule has 2 aliphatic heterocycles. The molecule has 2 saturated heterocycles. The van der Waals surface area contributed by atoms with Crippen molar-refractivity contribution in [3.05, 3.63) is 0 Å². The summed E-state index contributed by atoms with van der Waals surface area (Å²) in [7, 11) is 0. The number of rotatable bonds is 1. The van der Waals surface area contributed by atoms with Gasteiger partial charge >= 0.3 is 18.2 Å². The molecule has 1 unspecified atom stereocenters. The topological polar surface area (TPSA) is 60.9 Å². The maximum Gasteiger partial charge on any atom is 0.391 e. The number of nitrogens with zero attached hydrogens (tertiary/aromatic N) is 2. The smallest absolute Gasteiger partial charge is 0.391 e. The second-order valence-corrected chi connectivity index (χ2v) is 7.02. The Morgan fingerprint density at radius 2 is 1.65 bits per heavy atom. The van der Waals surface area contributed by atoms with Crippen LogP contribution in [0, 0.1) is 11.3 Å². The normalized spacial score (nSPS) is 28.0. The summed E-state index contributed by atoms with van der Waals surface area (Å²) in [5.41, 5.74) is -0.314. The number of halogens is 3. The van der Waals surface area contributed by atoms with Gasteiger partial charge in [-0.3, -0.25) is 0 Å². The summed E-state index contributed by atoms with van der Waals surface area (Å²) in [6.07, 6.45) is -0.860. The largest absolute Gasteiger partial charge is 0.480 e. The molecule has 8 heteroatoms. The zero-order valence-electron chi connectivity index (χ0n) is 12.8. The predicted octanol–water partition coefficient (Wildman–Crippen LogP) is 2.71. The highest BCUT2D eigenvalue weighted by Crippen LogP contribution is 2.51. The first-order chi connectivity index (χ1) is 10.7. The summed E-state index contributed by atoms with van der Waals surface area (Å²) in [5.74, 6) is -2.36. The molecule has 0 radical (unpaired) electrons. The molecule has 0 aromatic heterocycles. The molecule has 1 saturated carbocycles. The van der Waals surface area contributed by atoms with E-state index in [1.807, 2.05) is 0 Å². The maximum absolute atomic E-state index is 12.7. The maximum atomic E-state index is 12.7. The van der Waals surface area contributed by atoms with Crippen LogP contribution in [0.4, 0.5) is 18.0 Å². The quantitative estimate of drug-likeness (QED) is 0.802. The highest BCUT2D eigenvalue weighted by Gasteiger charge is 2.59. The minimum atomic E-state index is -4.22. The van der Waals surface area contributed by atoms with Gasteiger partial charge in [-0.05, 0) is 25.7 Å². The third kappa shape index (κ3) is 2.76. The molecule has 1 atom stereocenters. The van der Waals surface area contributed by atoms with E-state index in [0.29, 0.717) is 6.54 Å². The Hall–Kier alpha value is -1.47. The molecular weight excluding hydrogens is 313 g/mol. The summed E-state index contributed by atoms with van der Waals surface area (Å²) >= 11 is 0. The van der Waals surface area contributed by atoms with Gasteiger partial charge in [0.25, 0.3) is 0 Å². The Morgan fingerprint density at radius 1 is 1.09 bits per heavy atom. The van der Waals surface area contributed by atoms with Crippen LogP contribution in [-0.2, 0) is 4.79 Å². The van der Waals surface area contributed by atoms with Gasteiger partial charge in [-0.25, -0.2) is 9.59 Å². The van der Waals surface area contributed by atoms with E-state index in [9.17, 15) is 27.9 Å². The van der Waals surface area contributed by atoms with E-state index in [1.165, 1.54) is 9.80 Å². The van der Waals surface area contributed by atoms with Gasteiger partial charge in [0.15, 0.2) is 0 Å². The predicted molar refractivity (Wildman–Crippen MR) is 74.8 cm³/mol. The highest BCUT2D eigenvalue weighted by atomic mass is 19.4. The number of piperidine rings is 1. The van der Waals surface area contributed by atoms with Crippen molar-refractivity contribution in [1.82, 2.24) is 9.80 Å². The van der Waals surface area contributed by atoms with Crippen molar-refractivity contribution in [3.63, 3.8) is 0 Å². The lowest BCUT2D eigenvalue weighted by Gasteiger charge is -2.55. The number of urea groups is 1. The molecule has 2 heterocycles. The van der Waals surface area contributed by atoms with E-state index in [1.54, 1.807) is 0 Å². The van der Waals surface area contributed by atoms with Gasteiger partial charge in [0.05, 0.1) is 5.92 Å². The van der Waals surface area contributed by atoms with Crippen molar-refractivity contribution >= 4 is 12.0 Å². The first-order valence-corrected chi connectivity index (χ1v) is 8.10. The minimum Gasteiger partial charge on any atom is -0.480 e. The molecule has 0 aromatic carbocycles. The van der Waals surface area contributed by atoms with Crippen LogP contribution in [0.25, 0.3) is 0 Å². The molecular formula is C15H21F3N2O3. The third-order valence-corrected chi connectivity index (χ3v) is 5.68. The van der Waals surface area contributed by atoms with Crippen LogP contribution in [-0.4, -0.2) is 58.8 Å². The Morgan fingerprint density at radius 3 is 2.13 bits per heavy atom. The lowest BCUT2D eigenvalue weighted by Crippen LogP contribution is -2.70. The zero-order valence-corrected chi connectivity index (χ0v) is 12.8. The van der Waals surface area contributed by atoms with Crippen molar-refractivity contribution in [1.29, 1.82) is 0 Å². The van der Waals surface area contributed by atoms with E-state index in [2.05, 4.69) is 0 Å². The fourth-order valence-corrected chi connectivity index (χ4v) is 4.40. The van der Waals surface area contributed by atoms with Gasteiger partial charge in [0, 0.05) is 25.0 Å². The molecule has 3 aliphatic rings. The fourth-order valence-electron chi connectivity index (χ4n) is 4.40. The molecule has 2 amide bonds. The molecule has 1 aliphatic carbocycles. The lowest BCUT2D eigenvalue weighted by atomic mass is 9.70. The molecule has 130 valence electrons. The van der Waals surface area contributed by atoms with Crippen LogP contribution >= 0.6 is 0 Å². The number of hydrogen-bond donors (Lipinski definition) is 1. The van der Waals surface area contributed by atoms with Crippen molar-refractivity contribution in [2.75, 3.05) is 19.6 Å². The minimum absolute atomic E-state index is 0.0405. The first-order valence-electron chi connectivity index (χ1n) is 8.10. The lowest BCUT2D eigenvalue weighted by molar-refractivity contribution is -0.184. The number of likely N-dealkylation sites (tertiary alicyclic amines) is 2.